The average Bonchev–Trinajstić information content (AvgIpc) is 3.29. The number of fused-ring (bicyclic) bond motifs is 3. The third-order valence-corrected chi connectivity index (χ3v) is 4.89. The molecule has 3 heterocycles. The van der Waals surface area contributed by atoms with E-state index in [1.165, 1.54) is 4.57 Å². The lowest BCUT2D eigenvalue weighted by Crippen LogP contribution is -2.38. The number of aromatic nitrogens is 6. The van der Waals surface area contributed by atoms with Crippen molar-refractivity contribution in [1.82, 2.24) is 34.8 Å². The van der Waals surface area contributed by atoms with E-state index in [1.54, 1.807) is 0 Å². The van der Waals surface area contributed by atoms with Crippen LogP contribution in [0, 0.1) is 17.5 Å². The Kier molecular flexibility index (Phi) is 5.26. The van der Waals surface area contributed by atoms with Crippen molar-refractivity contribution in [2.24, 2.45) is 0 Å². The first-order chi connectivity index (χ1) is 15.0. The molecule has 3 aromatic rings. The van der Waals surface area contributed by atoms with Crippen LogP contribution in [0.2, 0.25) is 0 Å². The van der Waals surface area contributed by atoms with Crippen molar-refractivity contribution in [2.75, 3.05) is 0 Å². The zero-order valence-electron chi connectivity index (χ0n) is 15.9. The molecule has 0 saturated carbocycles. The van der Waals surface area contributed by atoms with Gasteiger partial charge in [0.15, 0.2) is 11.6 Å². The maximum atomic E-state index is 14.0. The van der Waals surface area contributed by atoms with E-state index >= 15 is 0 Å². The van der Waals surface area contributed by atoms with Gasteiger partial charge in [-0.2, -0.15) is 13.2 Å². The lowest BCUT2D eigenvalue weighted by molar-refractivity contribution is -0.147. The molecule has 0 unspecified atom stereocenters. The van der Waals surface area contributed by atoms with Gasteiger partial charge in [-0.25, -0.2) is 18.0 Å². The molecule has 2 aromatic heterocycles. The summed E-state index contributed by atoms with van der Waals surface area (Å²) in [5, 5.41) is 25.7. The molecule has 32 heavy (non-hydrogen) atoms. The Hall–Kier alpha value is -3.65. The summed E-state index contributed by atoms with van der Waals surface area (Å²) in [4.78, 5) is 11.2. The first-order valence-electron chi connectivity index (χ1n) is 9.10. The predicted octanol–water partition coefficient (Wildman–Crippen LogP) is 2.41. The number of hydrogen-bond donors (Lipinski definition) is 2. The summed E-state index contributed by atoms with van der Waals surface area (Å²) in [5.74, 6) is -4.89. The number of nitrogens with one attached hydrogen (secondary N) is 1. The van der Waals surface area contributed by atoms with Crippen LogP contribution in [0.1, 0.15) is 17.2 Å². The van der Waals surface area contributed by atoms with Gasteiger partial charge in [0, 0.05) is 31.6 Å². The van der Waals surface area contributed by atoms with Crippen LogP contribution in [-0.4, -0.2) is 46.8 Å². The number of nitrogens with zero attached hydrogens (tertiary/aromatic N) is 6. The van der Waals surface area contributed by atoms with Gasteiger partial charge in [0.2, 0.25) is 17.5 Å². The van der Waals surface area contributed by atoms with Crippen molar-refractivity contribution in [1.29, 1.82) is 0 Å². The highest BCUT2D eigenvalue weighted by molar-refractivity contribution is 5.65. The van der Waals surface area contributed by atoms with Gasteiger partial charge >= 0.3 is 12.3 Å². The highest BCUT2D eigenvalue weighted by atomic mass is 19.4. The first-order valence-corrected chi connectivity index (χ1v) is 9.10. The highest BCUT2D eigenvalue weighted by Crippen LogP contribution is 2.32. The minimum absolute atomic E-state index is 0.00216. The van der Waals surface area contributed by atoms with Gasteiger partial charge < -0.3 is 15.0 Å². The number of hydrogen-bond acceptors (Lipinski definition) is 5. The van der Waals surface area contributed by atoms with Gasteiger partial charge in [-0.05, 0) is 18.1 Å². The number of carboxylic acid groups (broad SMARTS) is 1. The quantitative estimate of drug-likeness (QED) is 0.446. The summed E-state index contributed by atoms with van der Waals surface area (Å²) in [7, 11) is 0. The van der Waals surface area contributed by atoms with Crippen molar-refractivity contribution in [3.63, 3.8) is 0 Å². The molecule has 15 heteroatoms. The number of amides is 1. The van der Waals surface area contributed by atoms with Gasteiger partial charge in [0.25, 0.3) is 0 Å². The van der Waals surface area contributed by atoms with Crippen molar-refractivity contribution >= 4 is 6.09 Å². The number of benzene rings is 1. The van der Waals surface area contributed by atoms with E-state index in [-0.39, 0.29) is 49.0 Å². The van der Waals surface area contributed by atoms with Gasteiger partial charge in [0.1, 0.15) is 11.6 Å². The Labute approximate surface area is 174 Å². The van der Waals surface area contributed by atoms with E-state index in [0.29, 0.717) is 12.1 Å². The number of rotatable bonds is 5. The summed E-state index contributed by atoms with van der Waals surface area (Å²) in [6.07, 6.45) is -6.66. The second kappa shape index (κ2) is 7.80. The molecule has 1 aliphatic rings. The van der Waals surface area contributed by atoms with Crippen LogP contribution in [-0.2, 0) is 32.1 Å². The third-order valence-electron chi connectivity index (χ3n) is 4.89. The Morgan fingerprint density at radius 3 is 2.28 bits per heavy atom. The SMILES string of the molecule is O=C(O)N[C@H](Cc1cc(F)c(F)cc1F)Cc1nnc2n1CCn1c-2nnc1C(F)(F)F. The topological polar surface area (TPSA) is 111 Å². The van der Waals surface area contributed by atoms with Crippen LogP contribution in [0.5, 0.6) is 0 Å². The fourth-order valence-corrected chi connectivity index (χ4v) is 3.53. The molecule has 1 amide bonds. The van der Waals surface area contributed by atoms with Gasteiger partial charge in [-0.15, -0.1) is 20.4 Å². The zero-order chi connectivity index (χ0) is 23.2. The maximum Gasteiger partial charge on any atom is 0.451 e. The van der Waals surface area contributed by atoms with E-state index in [9.17, 15) is 31.1 Å². The van der Waals surface area contributed by atoms with E-state index in [4.69, 9.17) is 5.11 Å². The molecule has 1 aliphatic heterocycles. The molecule has 9 nitrogen and oxygen atoms in total. The van der Waals surface area contributed by atoms with Crippen LogP contribution >= 0.6 is 0 Å². The molecular formula is C17H13F6N7O2. The summed E-state index contributed by atoms with van der Waals surface area (Å²) < 4.78 is 82.2. The molecule has 1 atom stereocenters. The van der Waals surface area contributed by atoms with Gasteiger partial charge in [-0.3, -0.25) is 4.57 Å². The molecule has 170 valence electrons. The second-order valence-electron chi connectivity index (χ2n) is 7.00. The Morgan fingerprint density at radius 2 is 1.59 bits per heavy atom. The Bertz CT molecular complexity index is 1190. The predicted molar refractivity (Wildman–Crippen MR) is 92.7 cm³/mol. The summed E-state index contributed by atoms with van der Waals surface area (Å²) in [6.45, 7) is -0.116. The molecule has 1 aromatic carbocycles. The fourth-order valence-electron chi connectivity index (χ4n) is 3.53. The molecular weight excluding hydrogens is 448 g/mol. The zero-order valence-corrected chi connectivity index (χ0v) is 15.9. The first kappa shape index (κ1) is 21.6. The second-order valence-corrected chi connectivity index (χ2v) is 7.00. The summed E-state index contributed by atoms with van der Waals surface area (Å²) in [6, 6.07) is -0.0422. The van der Waals surface area contributed by atoms with Crippen LogP contribution in [0.15, 0.2) is 12.1 Å². The number of carbonyl (C=O) groups is 1. The van der Waals surface area contributed by atoms with Crippen LogP contribution in [0.3, 0.4) is 0 Å². The van der Waals surface area contributed by atoms with E-state index in [2.05, 4.69) is 25.7 Å². The smallest absolute Gasteiger partial charge is 0.451 e. The van der Waals surface area contributed by atoms with Crippen LogP contribution < -0.4 is 5.32 Å². The lowest BCUT2D eigenvalue weighted by atomic mass is 10.0. The normalized spacial score (nSPS) is 14.1. The van der Waals surface area contributed by atoms with Gasteiger partial charge in [-0.1, -0.05) is 0 Å². The molecule has 0 spiro atoms. The van der Waals surface area contributed by atoms with Gasteiger partial charge in [0.05, 0.1) is 0 Å². The van der Waals surface area contributed by atoms with Crippen molar-refractivity contribution in [3.05, 3.63) is 46.8 Å². The van der Waals surface area contributed by atoms with Crippen LogP contribution in [0.25, 0.3) is 11.6 Å². The molecule has 2 N–H and O–H groups in total. The molecule has 0 saturated heterocycles. The van der Waals surface area contributed by atoms with Crippen molar-refractivity contribution in [2.45, 2.75) is 38.1 Å². The molecule has 0 bridgehead atoms. The molecule has 0 aliphatic carbocycles. The molecule has 0 radical (unpaired) electrons. The molecule has 4 rings (SSSR count). The third kappa shape index (κ3) is 3.97. The minimum atomic E-state index is -4.71. The summed E-state index contributed by atoms with van der Waals surface area (Å²) in [5.41, 5.74) is -0.268. The van der Waals surface area contributed by atoms with E-state index in [0.717, 1.165) is 4.57 Å². The Morgan fingerprint density at radius 1 is 0.969 bits per heavy atom. The maximum absolute atomic E-state index is 14.0. The lowest BCUT2D eigenvalue weighted by Gasteiger charge is -2.21. The van der Waals surface area contributed by atoms with Crippen molar-refractivity contribution < 1.29 is 36.2 Å². The fraction of sp³-hybridized carbons (Fsp3) is 0.353. The average molecular weight is 461 g/mol. The monoisotopic (exact) mass is 461 g/mol. The highest BCUT2D eigenvalue weighted by Gasteiger charge is 2.40. The molecule has 0 fully saturated rings. The van der Waals surface area contributed by atoms with E-state index < -0.39 is 41.6 Å². The van der Waals surface area contributed by atoms with Crippen LogP contribution in [0.4, 0.5) is 31.1 Å². The Balaban J connectivity index is 1.62. The number of halogens is 6. The summed E-state index contributed by atoms with van der Waals surface area (Å²) >= 11 is 0. The number of alkyl halides is 3. The minimum Gasteiger partial charge on any atom is -0.465 e. The van der Waals surface area contributed by atoms with Crippen molar-refractivity contribution in [3.8, 4) is 11.6 Å². The standard InChI is InChI=1S/C17H13F6N7O2/c18-9-6-11(20)10(19)4-7(9)3-8(24-16(31)32)5-12-25-26-13-14-27-28-15(17(21,22)23)30(14)2-1-29(12)13/h4,6,8,24H,1-3,5H2,(H,31,32)/t8-/m1/s1. The van der Waals surface area contributed by atoms with E-state index in [1.807, 2.05) is 0 Å². The largest absolute Gasteiger partial charge is 0.465 e.